The second kappa shape index (κ2) is 2.55. The van der Waals surface area contributed by atoms with E-state index in [1.54, 1.807) is 0 Å². The van der Waals surface area contributed by atoms with E-state index in [0.717, 1.165) is 19.4 Å². The summed E-state index contributed by atoms with van der Waals surface area (Å²) in [6.07, 6.45) is 2.13. The summed E-state index contributed by atoms with van der Waals surface area (Å²) in [4.78, 5) is 13.0. The van der Waals surface area contributed by atoms with Crippen molar-refractivity contribution in [1.82, 2.24) is 10.2 Å². The number of carbonyl (C=O) groups is 1. The third-order valence-electron chi connectivity index (χ3n) is 2.47. The minimum atomic E-state index is 0.0677. The monoisotopic (exact) mass is 174 g/mol. The van der Waals surface area contributed by atoms with Crippen LogP contribution in [0.15, 0.2) is 0 Å². The molecule has 2 rings (SSSR count). The average molecular weight is 175 g/mol. The molecule has 0 aliphatic carbocycles. The van der Waals surface area contributed by atoms with Gasteiger partial charge in [0.15, 0.2) is 0 Å². The molecule has 4 heteroatoms. The SMILES string of the molecule is O=C1NC2CC[C@@H](CCl)N1C2. The lowest BCUT2D eigenvalue weighted by molar-refractivity contribution is 0.192. The van der Waals surface area contributed by atoms with Gasteiger partial charge in [-0.2, -0.15) is 0 Å². The van der Waals surface area contributed by atoms with Crippen molar-refractivity contribution in [1.29, 1.82) is 0 Å². The van der Waals surface area contributed by atoms with Crippen LogP contribution in [-0.4, -0.2) is 35.4 Å². The van der Waals surface area contributed by atoms with Crippen LogP contribution in [0.2, 0.25) is 0 Å². The van der Waals surface area contributed by atoms with Crippen molar-refractivity contribution < 1.29 is 4.79 Å². The molecule has 0 spiro atoms. The highest BCUT2D eigenvalue weighted by molar-refractivity contribution is 6.18. The van der Waals surface area contributed by atoms with E-state index in [-0.39, 0.29) is 12.1 Å². The van der Waals surface area contributed by atoms with E-state index in [1.165, 1.54) is 0 Å². The first kappa shape index (κ1) is 7.22. The molecule has 3 nitrogen and oxygen atoms in total. The van der Waals surface area contributed by atoms with Crippen LogP contribution < -0.4 is 5.32 Å². The Labute approximate surface area is 70.7 Å². The van der Waals surface area contributed by atoms with Gasteiger partial charge >= 0.3 is 6.03 Å². The van der Waals surface area contributed by atoms with Crippen LogP contribution in [-0.2, 0) is 0 Å². The Morgan fingerprint density at radius 2 is 2.45 bits per heavy atom. The smallest absolute Gasteiger partial charge is 0.318 e. The Kier molecular flexibility index (Phi) is 1.68. The van der Waals surface area contributed by atoms with Gasteiger partial charge in [0.25, 0.3) is 0 Å². The molecule has 1 N–H and O–H groups in total. The van der Waals surface area contributed by atoms with Crippen LogP contribution in [0.5, 0.6) is 0 Å². The quantitative estimate of drug-likeness (QED) is 0.586. The van der Waals surface area contributed by atoms with Crippen molar-refractivity contribution in [3.05, 3.63) is 0 Å². The first-order chi connectivity index (χ1) is 5.31. The number of halogens is 1. The predicted octanol–water partition coefficient (Wildman–Crippen LogP) is 0.781. The van der Waals surface area contributed by atoms with Crippen LogP contribution in [0, 0.1) is 0 Å². The zero-order chi connectivity index (χ0) is 7.84. The number of piperidine rings is 1. The molecule has 2 saturated heterocycles. The molecule has 0 saturated carbocycles. The number of nitrogens with one attached hydrogen (secondary N) is 1. The highest BCUT2D eigenvalue weighted by Crippen LogP contribution is 2.23. The average Bonchev–Trinajstić information content (AvgIpc) is 2.30. The van der Waals surface area contributed by atoms with E-state index >= 15 is 0 Å². The molecular weight excluding hydrogens is 164 g/mol. The molecule has 62 valence electrons. The lowest BCUT2D eigenvalue weighted by atomic mass is 10.0. The van der Waals surface area contributed by atoms with E-state index < -0.39 is 0 Å². The third-order valence-corrected chi connectivity index (χ3v) is 2.83. The molecule has 2 aliphatic heterocycles. The highest BCUT2D eigenvalue weighted by Gasteiger charge is 2.37. The summed E-state index contributed by atoms with van der Waals surface area (Å²) in [7, 11) is 0. The maximum atomic E-state index is 11.2. The van der Waals surface area contributed by atoms with Gasteiger partial charge in [-0.25, -0.2) is 4.79 Å². The van der Waals surface area contributed by atoms with E-state index in [0.29, 0.717) is 11.9 Å². The number of fused-ring (bicyclic) bond motifs is 2. The molecule has 0 aromatic heterocycles. The van der Waals surface area contributed by atoms with Crippen molar-refractivity contribution >= 4 is 17.6 Å². The Morgan fingerprint density at radius 1 is 1.64 bits per heavy atom. The maximum Gasteiger partial charge on any atom is 0.318 e. The van der Waals surface area contributed by atoms with Crippen molar-refractivity contribution in [2.45, 2.75) is 24.9 Å². The van der Waals surface area contributed by atoms with Crippen molar-refractivity contribution in [2.75, 3.05) is 12.4 Å². The Hall–Kier alpha value is -0.440. The second-order valence-corrected chi connectivity index (χ2v) is 3.49. The van der Waals surface area contributed by atoms with Gasteiger partial charge in [-0.05, 0) is 12.8 Å². The standard InChI is InChI=1S/C7H11ClN2O/c8-3-6-2-1-5-4-10(6)7(11)9-5/h5-6H,1-4H2,(H,9,11)/t5?,6-/m0/s1. The Bertz CT molecular complexity index is 185. The number of rotatable bonds is 1. The van der Waals surface area contributed by atoms with Crippen LogP contribution in [0.4, 0.5) is 4.79 Å². The zero-order valence-corrected chi connectivity index (χ0v) is 6.97. The first-order valence-electron chi connectivity index (χ1n) is 3.94. The fraction of sp³-hybridized carbons (Fsp3) is 0.857. The molecule has 11 heavy (non-hydrogen) atoms. The molecule has 2 amide bonds. The van der Waals surface area contributed by atoms with E-state index in [1.807, 2.05) is 4.90 Å². The molecule has 0 radical (unpaired) electrons. The molecule has 0 aromatic rings. The minimum absolute atomic E-state index is 0.0677. The molecule has 0 aromatic carbocycles. The molecule has 2 bridgehead atoms. The van der Waals surface area contributed by atoms with E-state index in [2.05, 4.69) is 5.32 Å². The summed E-state index contributed by atoms with van der Waals surface area (Å²) < 4.78 is 0. The highest BCUT2D eigenvalue weighted by atomic mass is 35.5. The maximum absolute atomic E-state index is 11.2. The number of nitrogens with zero attached hydrogens (tertiary/aromatic N) is 1. The number of amides is 2. The van der Waals surface area contributed by atoms with E-state index in [4.69, 9.17) is 11.6 Å². The molecule has 2 heterocycles. The minimum Gasteiger partial charge on any atom is -0.333 e. The fourth-order valence-electron chi connectivity index (χ4n) is 1.81. The van der Waals surface area contributed by atoms with Gasteiger partial charge < -0.3 is 10.2 Å². The molecule has 2 aliphatic rings. The number of urea groups is 1. The lowest BCUT2D eigenvalue weighted by Crippen LogP contribution is -2.41. The fourth-order valence-corrected chi connectivity index (χ4v) is 2.13. The summed E-state index contributed by atoms with van der Waals surface area (Å²) in [6.45, 7) is 0.857. The van der Waals surface area contributed by atoms with Crippen molar-refractivity contribution in [3.63, 3.8) is 0 Å². The van der Waals surface area contributed by atoms with Crippen molar-refractivity contribution in [2.24, 2.45) is 0 Å². The topological polar surface area (TPSA) is 32.3 Å². The van der Waals surface area contributed by atoms with Gasteiger partial charge in [-0.1, -0.05) is 0 Å². The third kappa shape index (κ3) is 1.07. The largest absolute Gasteiger partial charge is 0.333 e. The Morgan fingerprint density at radius 3 is 3.18 bits per heavy atom. The van der Waals surface area contributed by atoms with Gasteiger partial charge in [-0.3, -0.25) is 0 Å². The molecule has 2 atom stereocenters. The van der Waals surface area contributed by atoms with Gasteiger partial charge in [0.2, 0.25) is 0 Å². The van der Waals surface area contributed by atoms with Crippen molar-refractivity contribution in [3.8, 4) is 0 Å². The number of hydrogen-bond donors (Lipinski definition) is 1. The van der Waals surface area contributed by atoms with Gasteiger partial charge in [-0.15, -0.1) is 11.6 Å². The second-order valence-electron chi connectivity index (χ2n) is 3.18. The molecule has 1 unspecified atom stereocenters. The summed E-state index contributed by atoms with van der Waals surface area (Å²) in [5, 5.41) is 2.91. The molecular formula is C7H11ClN2O. The summed E-state index contributed by atoms with van der Waals surface area (Å²) in [5.74, 6) is 0.570. The first-order valence-corrected chi connectivity index (χ1v) is 4.48. The van der Waals surface area contributed by atoms with Crippen LogP contribution in [0.1, 0.15) is 12.8 Å². The summed E-state index contributed by atoms with van der Waals surface area (Å²) in [5.41, 5.74) is 0. The van der Waals surface area contributed by atoms with E-state index in [9.17, 15) is 4.79 Å². The zero-order valence-electron chi connectivity index (χ0n) is 6.22. The number of carbonyl (C=O) groups excluding carboxylic acids is 1. The lowest BCUT2D eigenvalue weighted by Gasteiger charge is -2.28. The van der Waals surface area contributed by atoms with Crippen LogP contribution >= 0.6 is 11.6 Å². The predicted molar refractivity (Wildman–Crippen MR) is 42.8 cm³/mol. The Balaban J connectivity index is 2.12. The number of alkyl halides is 1. The van der Waals surface area contributed by atoms with Gasteiger partial charge in [0, 0.05) is 24.5 Å². The molecule has 2 fully saturated rings. The number of hydrogen-bond acceptors (Lipinski definition) is 1. The van der Waals surface area contributed by atoms with Crippen LogP contribution in [0.3, 0.4) is 0 Å². The van der Waals surface area contributed by atoms with Gasteiger partial charge in [0.1, 0.15) is 0 Å². The summed E-state index contributed by atoms with van der Waals surface area (Å²) in [6, 6.07) is 0.732. The summed E-state index contributed by atoms with van der Waals surface area (Å²) >= 11 is 5.72. The van der Waals surface area contributed by atoms with Crippen LogP contribution in [0.25, 0.3) is 0 Å². The van der Waals surface area contributed by atoms with Gasteiger partial charge in [0.05, 0.1) is 0 Å². The normalized spacial score (nSPS) is 35.7.